The highest BCUT2D eigenvalue weighted by atomic mass is 19.1. The summed E-state index contributed by atoms with van der Waals surface area (Å²) in [6.07, 6.45) is 1.60. The van der Waals surface area contributed by atoms with Crippen LogP contribution in [0.4, 0.5) is 4.39 Å². The van der Waals surface area contributed by atoms with Crippen LogP contribution in [0.1, 0.15) is 19.4 Å². The molecule has 0 amide bonds. The highest BCUT2D eigenvalue weighted by Gasteiger charge is 2.15. The molecule has 35 heavy (non-hydrogen) atoms. The smallest absolute Gasteiger partial charge is 0.164 e. The fourth-order valence-corrected chi connectivity index (χ4v) is 4.13. The van der Waals surface area contributed by atoms with Crippen molar-refractivity contribution >= 4 is 11.0 Å². The third-order valence-electron chi connectivity index (χ3n) is 5.82. The number of aliphatic hydroxyl groups is 1. The first-order valence-corrected chi connectivity index (χ1v) is 11.4. The number of rotatable bonds is 7. The predicted molar refractivity (Wildman–Crippen MR) is 135 cm³/mol. The number of halogens is 1. The number of hydrogen-bond donors (Lipinski definition) is 3. The number of aromatic amines is 1. The molecule has 0 aliphatic heterocycles. The minimum Gasteiger partial charge on any atom is -0.389 e. The minimum atomic E-state index is -0.758. The van der Waals surface area contributed by atoms with E-state index in [2.05, 4.69) is 20.5 Å². The van der Waals surface area contributed by atoms with Gasteiger partial charge in [-0.1, -0.05) is 30.3 Å². The second-order valence-electron chi connectivity index (χ2n) is 9.39. The van der Waals surface area contributed by atoms with Crippen LogP contribution in [0.15, 0.2) is 67.0 Å². The number of aryl methyl sites for hydroxylation is 1. The first-order chi connectivity index (χ1) is 16.8. The van der Waals surface area contributed by atoms with Gasteiger partial charge in [-0.25, -0.2) is 9.37 Å². The maximum Gasteiger partial charge on any atom is 0.164 e. The molecule has 5 rings (SSSR count). The molecule has 0 bridgehead atoms. The lowest BCUT2D eigenvalue weighted by molar-refractivity contribution is 0.0795. The largest absolute Gasteiger partial charge is 0.389 e. The van der Waals surface area contributed by atoms with Crippen LogP contribution in [0.3, 0.4) is 0 Å². The molecule has 8 heteroatoms. The number of nitrogens with zero attached hydrogens (tertiary/aromatic N) is 4. The lowest BCUT2D eigenvalue weighted by atomic mass is 9.97. The van der Waals surface area contributed by atoms with Gasteiger partial charge in [0.25, 0.3) is 0 Å². The normalized spacial score (nSPS) is 11.9. The Morgan fingerprint density at radius 2 is 1.86 bits per heavy atom. The highest BCUT2D eigenvalue weighted by Crippen LogP contribution is 2.33. The Balaban J connectivity index is 1.47. The molecule has 3 aromatic carbocycles. The van der Waals surface area contributed by atoms with Gasteiger partial charge in [0, 0.05) is 31.3 Å². The van der Waals surface area contributed by atoms with E-state index in [4.69, 9.17) is 4.98 Å². The maximum atomic E-state index is 14.1. The van der Waals surface area contributed by atoms with Crippen LogP contribution in [-0.2, 0) is 13.6 Å². The van der Waals surface area contributed by atoms with Gasteiger partial charge in [-0.2, -0.15) is 0 Å². The third kappa shape index (κ3) is 4.99. The SMILES string of the molecule is Cn1cnnc1-c1cc(F)ccc1-c1cccc(-c2nc3cc(CNCC(C)(C)O)ccc3[nH]2)c1. The Hall–Kier alpha value is -3.88. The highest BCUT2D eigenvalue weighted by molar-refractivity contribution is 5.84. The van der Waals surface area contributed by atoms with Gasteiger partial charge in [0.2, 0.25) is 0 Å². The summed E-state index contributed by atoms with van der Waals surface area (Å²) in [5, 5.41) is 21.3. The average molecular weight is 471 g/mol. The number of benzene rings is 3. The number of nitrogens with one attached hydrogen (secondary N) is 2. The zero-order valence-electron chi connectivity index (χ0n) is 19.9. The zero-order chi connectivity index (χ0) is 24.6. The molecule has 0 unspecified atom stereocenters. The molecule has 3 N–H and O–H groups in total. The van der Waals surface area contributed by atoms with Gasteiger partial charge in [0.05, 0.1) is 16.6 Å². The molecule has 2 heterocycles. The molecular weight excluding hydrogens is 443 g/mol. The van der Waals surface area contributed by atoms with E-state index in [0.29, 0.717) is 24.5 Å². The van der Waals surface area contributed by atoms with Gasteiger partial charge in [-0.15, -0.1) is 10.2 Å². The summed E-state index contributed by atoms with van der Waals surface area (Å²) < 4.78 is 15.9. The second-order valence-corrected chi connectivity index (χ2v) is 9.39. The van der Waals surface area contributed by atoms with E-state index in [1.165, 1.54) is 12.1 Å². The van der Waals surface area contributed by atoms with Crippen molar-refractivity contribution in [1.29, 1.82) is 0 Å². The summed E-state index contributed by atoms with van der Waals surface area (Å²) in [7, 11) is 1.84. The molecule has 0 saturated carbocycles. The predicted octanol–water partition coefficient (Wildman–Crippen LogP) is 4.69. The van der Waals surface area contributed by atoms with Crippen LogP contribution >= 0.6 is 0 Å². The summed E-state index contributed by atoms with van der Waals surface area (Å²) in [5.74, 6) is 1.03. The summed E-state index contributed by atoms with van der Waals surface area (Å²) >= 11 is 0. The van der Waals surface area contributed by atoms with Crippen LogP contribution in [0.25, 0.3) is 44.9 Å². The number of aromatic nitrogens is 5. The standard InChI is InChI=1S/C27H27FN6O/c1-27(2,35)15-29-14-17-7-10-23-24(11-17)32-25(31-23)19-6-4-5-18(12-19)21-9-8-20(28)13-22(21)26-33-30-16-34(26)3/h4-13,16,29,35H,14-15H2,1-3H3,(H,31,32). The van der Waals surface area contributed by atoms with Gasteiger partial charge in [0.1, 0.15) is 18.0 Å². The molecule has 0 aliphatic rings. The van der Waals surface area contributed by atoms with Crippen molar-refractivity contribution < 1.29 is 9.50 Å². The van der Waals surface area contributed by atoms with Gasteiger partial charge >= 0.3 is 0 Å². The molecular formula is C27H27FN6O. The van der Waals surface area contributed by atoms with Crippen LogP contribution in [0, 0.1) is 5.82 Å². The van der Waals surface area contributed by atoms with Gasteiger partial charge < -0.3 is 20.0 Å². The van der Waals surface area contributed by atoms with Gasteiger partial charge in [-0.05, 0) is 60.9 Å². The van der Waals surface area contributed by atoms with E-state index < -0.39 is 5.60 Å². The summed E-state index contributed by atoms with van der Waals surface area (Å²) in [4.78, 5) is 8.22. The van der Waals surface area contributed by atoms with Crippen molar-refractivity contribution in [3.8, 4) is 33.9 Å². The van der Waals surface area contributed by atoms with Crippen LogP contribution < -0.4 is 5.32 Å². The molecule has 178 valence electrons. The van der Waals surface area contributed by atoms with E-state index in [9.17, 15) is 9.50 Å². The van der Waals surface area contributed by atoms with Crippen LogP contribution in [-0.4, -0.2) is 42.0 Å². The second kappa shape index (κ2) is 9.05. The maximum absolute atomic E-state index is 14.1. The number of fused-ring (bicyclic) bond motifs is 1. The van der Waals surface area contributed by atoms with E-state index >= 15 is 0 Å². The number of H-pyrrole nitrogens is 1. The molecule has 0 atom stereocenters. The molecule has 0 saturated heterocycles. The van der Waals surface area contributed by atoms with Crippen LogP contribution in [0.5, 0.6) is 0 Å². The molecule has 0 aliphatic carbocycles. The van der Waals surface area contributed by atoms with Crippen molar-refractivity contribution in [2.24, 2.45) is 7.05 Å². The monoisotopic (exact) mass is 470 g/mol. The fourth-order valence-electron chi connectivity index (χ4n) is 4.13. The van der Waals surface area contributed by atoms with Crippen molar-refractivity contribution in [3.05, 3.63) is 78.4 Å². The van der Waals surface area contributed by atoms with Gasteiger partial charge in [0.15, 0.2) is 5.82 Å². The summed E-state index contributed by atoms with van der Waals surface area (Å²) in [5.41, 5.74) is 5.54. The number of imidazole rings is 1. The van der Waals surface area contributed by atoms with Gasteiger partial charge in [-0.3, -0.25) is 0 Å². The van der Waals surface area contributed by atoms with Crippen molar-refractivity contribution in [1.82, 2.24) is 30.0 Å². The van der Waals surface area contributed by atoms with E-state index in [1.807, 2.05) is 49.5 Å². The fraction of sp³-hybridized carbons (Fsp3) is 0.222. The Labute approximate surface area is 202 Å². The average Bonchev–Trinajstić information content (AvgIpc) is 3.44. The molecule has 7 nitrogen and oxygen atoms in total. The molecule has 5 aromatic rings. The van der Waals surface area contributed by atoms with E-state index in [1.54, 1.807) is 30.8 Å². The Morgan fingerprint density at radius 1 is 1.03 bits per heavy atom. The molecule has 0 spiro atoms. The van der Waals surface area contributed by atoms with Crippen molar-refractivity contribution in [3.63, 3.8) is 0 Å². The van der Waals surface area contributed by atoms with E-state index in [-0.39, 0.29) is 5.82 Å². The first-order valence-electron chi connectivity index (χ1n) is 11.4. The van der Waals surface area contributed by atoms with Crippen molar-refractivity contribution in [2.75, 3.05) is 6.54 Å². The molecule has 2 aromatic heterocycles. The topological polar surface area (TPSA) is 91.7 Å². The lowest BCUT2D eigenvalue weighted by Crippen LogP contribution is -2.34. The first kappa shape index (κ1) is 22.9. The summed E-state index contributed by atoms with van der Waals surface area (Å²) in [6.45, 7) is 4.70. The number of hydrogen-bond acceptors (Lipinski definition) is 5. The quantitative estimate of drug-likeness (QED) is 0.321. The van der Waals surface area contributed by atoms with E-state index in [0.717, 1.165) is 39.1 Å². The Bertz CT molecular complexity index is 1500. The molecule has 0 radical (unpaired) electrons. The zero-order valence-corrected chi connectivity index (χ0v) is 19.9. The third-order valence-corrected chi connectivity index (χ3v) is 5.82. The molecule has 0 fully saturated rings. The lowest BCUT2D eigenvalue weighted by Gasteiger charge is -2.17. The van der Waals surface area contributed by atoms with Crippen LogP contribution in [0.2, 0.25) is 0 Å². The van der Waals surface area contributed by atoms with Crippen molar-refractivity contribution in [2.45, 2.75) is 26.0 Å². The minimum absolute atomic E-state index is 0.326. The Morgan fingerprint density at radius 3 is 2.63 bits per heavy atom. The Kier molecular flexibility index (Phi) is 5.92. The summed E-state index contributed by atoms with van der Waals surface area (Å²) in [6, 6.07) is 18.8.